The first-order valence-electron chi connectivity index (χ1n) is 5.13. The summed E-state index contributed by atoms with van der Waals surface area (Å²) >= 11 is 0. The molecule has 0 bridgehead atoms. The molecule has 0 aromatic rings. The van der Waals surface area contributed by atoms with E-state index in [0.717, 1.165) is 31.2 Å². The van der Waals surface area contributed by atoms with Crippen molar-refractivity contribution in [3.8, 4) is 0 Å². The molecule has 1 aliphatic heterocycles. The van der Waals surface area contributed by atoms with Gasteiger partial charge in [-0.05, 0) is 6.08 Å². The standard InChI is InChI=1S/C11H17N3O/c1-3-7-14(11(4-2)10-15)13-8-5-12-6-9-13/h3-4,12H,1-2,5-9H2/p+1. The SMILES string of the molecule is C=CC[NH+](C(=C=O)C=C)N1CCNCC1. The second-order valence-corrected chi connectivity index (χ2v) is 3.40. The van der Waals surface area contributed by atoms with E-state index in [1.807, 2.05) is 5.94 Å². The maximum Gasteiger partial charge on any atom is 0.234 e. The molecule has 1 fully saturated rings. The highest BCUT2D eigenvalue weighted by atomic mass is 16.1. The molecule has 82 valence electrons. The van der Waals surface area contributed by atoms with Gasteiger partial charge in [-0.15, -0.1) is 5.01 Å². The number of piperazine rings is 1. The van der Waals surface area contributed by atoms with Crippen molar-refractivity contribution < 1.29 is 9.80 Å². The highest BCUT2D eigenvalue weighted by Gasteiger charge is 2.23. The predicted molar refractivity (Wildman–Crippen MR) is 59.9 cm³/mol. The lowest BCUT2D eigenvalue weighted by Crippen LogP contribution is -3.17. The molecule has 0 aromatic carbocycles. The van der Waals surface area contributed by atoms with Gasteiger partial charge in [0.1, 0.15) is 6.54 Å². The van der Waals surface area contributed by atoms with Crippen LogP contribution in [0.5, 0.6) is 0 Å². The highest BCUT2D eigenvalue weighted by molar-refractivity contribution is 5.52. The molecular formula is C11H18N3O+. The fraction of sp³-hybridized carbons (Fsp3) is 0.455. The molecular weight excluding hydrogens is 190 g/mol. The summed E-state index contributed by atoms with van der Waals surface area (Å²) in [6, 6.07) is 0. The van der Waals surface area contributed by atoms with E-state index >= 15 is 0 Å². The molecule has 1 rings (SSSR count). The normalized spacial score (nSPS) is 18.9. The highest BCUT2D eigenvalue weighted by Crippen LogP contribution is 1.86. The van der Waals surface area contributed by atoms with Gasteiger partial charge in [-0.1, -0.05) is 13.2 Å². The van der Waals surface area contributed by atoms with Gasteiger partial charge in [-0.2, -0.15) is 0 Å². The van der Waals surface area contributed by atoms with Crippen molar-refractivity contribution in [1.82, 2.24) is 10.3 Å². The van der Waals surface area contributed by atoms with E-state index in [2.05, 4.69) is 23.5 Å². The smallest absolute Gasteiger partial charge is 0.234 e. The lowest BCUT2D eigenvalue weighted by Gasteiger charge is -2.32. The van der Waals surface area contributed by atoms with Gasteiger partial charge in [-0.25, -0.2) is 9.80 Å². The van der Waals surface area contributed by atoms with Gasteiger partial charge in [0.05, 0.1) is 13.1 Å². The Hall–Kier alpha value is -1.19. The summed E-state index contributed by atoms with van der Waals surface area (Å²) in [4.78, 5) is 10.8. The first-order chi connectivity index (χ1) is 7.33. The second kappa shape index (κ2) is 6.32. The van der Waals surface area contributed by atoms with Crippen molar-refractivity contribution in [1.29, 1.82) is 0 Å². The molecule has 1 unspecified atom stereocenters. The molecule has 0 aliphatic carbocycles. The van der Waals surface area contributed by atoms with Gasteiger partial charge in [0.15, 0.2) is 5.94 Å². The maximum atomic E-state index is 10.8. The zero-order chi connectivity index (χ0) is 11.1. The Morgan fingerprint density at radius 3 is 2.60 bits per heavy atom. The molecule has 0 saturated carbocycles. The lowest BCUT2D eigenvalue weighted by atomic mass is 10.3. The minimum Gasteiger partial charge on any atom is -0.314 e. The summed E-state index contributed by atoms with van der Waals surface area (Å²) in [6.45, 7) is 11.8. The van der Waals surface area contributed by atoms with Crippen LogP contribution in [0.3, 0.4) is 0 Å². The average molecular weight is 208 g/mol. The molecule has 0 spiro atoms. The number of nitrogens with zero attached hydrogens (tertiary/aromatic N) is 1. The van der Waals surface area contributed by atoms with Gasteiger partial charge < -0.3 is 5.32 Å². The molecule has 0 radical (unpaired) electrons. The first kappa shape index (κ1) is 11.9. The van der Waals surface area contributed by atoms with E-state index in [-0.39, 0.29) is 0 Å². The van der Waals surface area contributed by atoms with Crippen molar-refractivity contribution in [2.75, 3.05) is 32.7 Å². The summed E-state index contributed by atoms with van der Waals surface area (Å²) in [7, 11) is 0. The van der Waals surface area contributed by atoms with Crippen molar-refractivity contribution in [2.24, 2.45) is 0 Å². The molecule has 2 N–H and O–H groups in total. The Bertz CT molecular complexity index is 276. The summed E-state index contributed by atoms with van der Waals surface area (Å²) in [5.74, 6) is 1.94. The van der Waals surface area contributed by atoms with Gasteiger partial charge in [-0.3, -0.25) is 0 Å². The third kappa shape index (κ3) is 3.15. The third-order valence-electron chi connectivity index (χ3n) is 2.46. The molecule has 4 nitrogen and oxygen atoms in total. The van der Waals surface area contributed by atoms with E-state index in [9.17, 15) is 4.79 Å². The number of hydrogen-bond donors (Lipinski definition) is 2. The van der Waals surface area contributed by atoms with Gasteiger partial charge in [0, 0.05) is 19.2 Å². The quantitative estimate of drug-likeness (QED) is 0.338. The Kier molecular flexibility index (Phi) is 5.01. The van der Waals surface area contributed by atoms with Crippen LogP contribution < -0.4 is 10.3 Å². The molecule has 1 atom stereocenters. The Labute approximate surface area is 90.5 Å². The number of carbonyl (C=O) groups excluding carboxylic acids is 1. The maximum absolute atomic E-state index is 10.8. The summed E-state index contributed by atoms with van der Waals surface area (Å²) in [5, 5.41) is 6.45. The molecule has 15 heavy (non-hydrogen) atoms. The van der Waals surface area contributed by atoms with Crippen LogP contribution >= 0.6 is 0 Å². The van der Waals surface area contributed by atoms with Crippen LogP contribution in [0.25, 0.3) is 0 Å². The fourth-order valence-corrected chi connectivity index (χ4v) is 1.70. The van der Waals surface area contributed by atoms with E-state index in [1.54, 1.807) is 12.2 Å². The Balaban J connectivity index is 2.74. The molecule has 4 heteroatoms. The zero-order valence-electron chi connectivity index (χ0n) is 8.96. The van der Waals surface area contributed by atoms with Crippen molar-refractivity contribution in [3.05, 3.63) is 31.0 Å². The van der Waals surface area contributed by atoms with E-state index in [0.29, 0.717) is 12.2 Å². The predicted octanol–water partition coefficient (Wildman–Crippen LogP) is -1.22. The topological polar surface area (TPSA) is 36.8 Å². The largest absolute Gasteiger partial charge is 0.314 e. The Morgan fingerprint density at radius 1 is 1.47 bits per heavy atom. The second-order valence-electron chi connectivity index (χ2n) is 3.40. The molecule has 1 aliphatic rings. The molecule has 1 saturated heterocycles. The van der Waals surface area contributed by atoms with Crippen LogP contribution in [0.4, 0.5) is 0 Å². The minimum absolute atomic E-state index is 0.553. The van der Waals surface area contributed by atoms with Crippen molar-refractivity contribution in [2.45, 2.75) is 0 Å². The van der Waals surface area contributed by atoms with Crippen LogP contribution in [0, 0.1) is 0 Å². The molecule has 1 heterocycles. The fourth-order valence-electron chi connectivity index (χ4n) is 1.70. The van der Waals surface area contributed by atoms with E-state index in [1.165, 1.54) is 0 Å². The van der Waals surface area contributed by atoms with Gasteiger partial charge >= 0.3 is 0 Å². The van der Waals surface area contributed by atoms with Crippen LogP contribution in [-0.2, 0) is 4.79 Å². The van der Waals surface area contributed by atoms with Gasteiger partial charge in [0.2, 0.25) is 5.70 Å². The summed E-state index contributed by atoms with van der Waals surface area (Å²) in [5.41, 5.74) is 0.553. The van der Waals surface area contributed by atoms with Crippen LogP contribution in [0.1, 0.15) is 0 Å². The van der Waals surface area contributed by atoms with Crippen LogP contribution in [-0.4, -0.2) is 43.7 Å². The zero-order valence-corrected chi connectivity index (χ0v) is 8.96. The molecule has 0 amide bonds. The van der Waals surface area contributed by atoms with Crippen LogP contribution in [0.2, 0.25) is 0 Å². The minimum atomic E-state index is 0.553. The molecule has 0 aromatic heterocycles. The Morgan fingerprint density at radius 2 is 2.13 bits per heavy atom. The number of hydrogen-bond acceptors (Lipinski definition) is 3. The number of nitrogens with one attached hydrogen (secondary N) is 2. The number of rotatable bonds is 5. The monoisotopic (exact) mass is 208 g/mol. The van der Waals surface area contributed by atoms with Crippen molar-refractivity contribution >= 4 is 5.94 Å². The van der Waals surface area contributed by atoms with E-state index in [4.69, 9.17) is 0 Å². The average Bonchev–Trinajstić information content (AvgIpc) is 2.30. The first-order valence-corrected chi connectivity index (χ1v) is 5.13. The van der Waals surface area contributed by atoms with Crippen molar-refractivity contribution in [3.63, 3.8) is 0 Å². The lowest BCUT2D eigenvalue weighted by molar-refractivity contribution is -0.974. The van der Waals surface area contributed by atoms with Crippen LogP contribution in [0.15, 0.2) is 31.0 Å². The summed E-state index contributed by atoms with van der Waals surface area (Å²) in [6.07, 6.45) is 3.37. The number of allylic oxidation sites excluding steroid dienone is 1. The van der Waals surface area contributed by atoms with Gasteiger partial charge in [0.25, 0.3) is 0 Å². The summed E-state index contributed by atoms with van der Waals surface area (Å²) < 4.78 is 0. The number of quaternary nitrogens is 1. The van der Waals surface area contributed by atoms with E-state index < -0.39 is 0 Å². The third-order valence-corrected chi connectivity index (χ3v) is 2.46.